The second-order valence-electron chi connectivity index (χ2n) is 6.19. The lowest BCUT2D eigenvalue weighted by molar-refractivity contribution is 0.426. The van der Waals surface area contributed by atoms with Crippen LogP contribution in [0.3, 0.4) is 0 Å². The molecule has 2 aromatic heterocycles. The summed E-state index contributed by atoms with van der Waals surface area (Å²) in [6.45, 7) is 0. The quantitative estimate of drug-likeness (QED) is 0.460. The first-order chi connectivity index (χ1) is 13.2. The number of thiazole rings is 2. The summed E-state index contributed by atoms with van der Waals surface area (Å²) in [4.78, 5) is 9.40. The van der Waals surface area contributed by atoms with Crippen molar-refractivity contribution in [3.05, 3.63) is 66.7 Å². The Bertz CT molecular complexity index is 1120. The summed E-state index contributed by atoms with van der Waals surface area (Å²) in [6, 6.07) is 21.5. The minimum absolute atomic E-state index is 0.431. The van der Waals surface area contributed by atoms with E-state index in [4.69, 9.17) is 9.97 Å². The molecule has 0 aliphatic rings. The van der Waals surface area contributed by atoms with E-state index in [1.54, 1.807) is 34.8 Å². The summed E-state index contributed by atoms with van der Waals surface area (Å²) in [5.74, 6) is 0. The predicted octanol–water partition coefficient (Wildman–Crippen LogP) is 3.92. The monoisotopic (exact) mass is 388 g/mol. The first kappa shape index (κ1) is 16.6. The van der Waals surface area contributed by atoms with E-state index in [1.165, 1.54) is 0 Å². The molecule has 0 atom stereocenters. The van der Waals surface area contributed by atoms with Gasteiger partial charge in [0.05, 0.1) is 20.4 Å². The van der Waals surface area contributed by atoms with Crippen LogP contribution in [-0.2, 0) is 0 Å². The maximum Gasteiger partial charge on any atom is 0.488 e. The fraction of sp³-hybridized carbons (Fsp3) is 0. The molecule has 0 saturated heterocycles. The van der Waals surface area contributed by atoms with Gasteiger partial charge in [-0.1, -0.05) is 36.4 Å². The number of aromatic nitrogens is 2. The second-order valence-corrected chi connectivity index (χ2v) is 8.25. The van der Waals surface area contributed by atoms with E-state index in [9.17, 15) is 10.0 Å². The van der Waals surface area contributed by atoms with Gasteiger partial charge in [-0.3, -0.25) is 0 Å². The molecule has 0 amide bonds. The van der Waals surface area contributed by atoms with E-state index >= 15 is 0 Å². The lowest BCUT2D eigenvalue weighted by atomic mass is 9.78. The van der Waals surface area contributed by atoms with Crippen LogP contribution in [0.25, 0.3) is 41.6 Å². The molecule has 3 aromatic carbocycles. The number of para-hydroxylation sites is 2. The molecule has 4 nitrogen and oxygen atoms in total. The Balaban J connectivity index is 1.69. The average Bonchev–Trinajstić information content (AvgIpc) is 3.31. The average molecular weight is 388 g/mol. The Labute approximate surface area is 163 Å². The largest absolute Gasteiger partial charge is 0.488 e. The molecule has 0 unspecified atom stereocenters. The van der Waals surface area contributed by atoms with Crippen molar-refractivity contribution in [1.82, 2.24) is 9.97 Å². The van der Waals surface area contributed by atoms with Crippen LogP contribution in [0.4, 0.5) is 0 Å². The molecule has 0 saturated carbocycles. The predicted molar refractivity (Wildman–Crippen MR) is 113 cm³/mol. The third-order valence-corrected chi connectivity index (χ3v) is 6.51. The van der Waals surface area contributed by atoms with Crippen LogP contribution >= 0.6 is 22.7 Å². The van der Waals surface area contributed by atoms with Gasteiger partial charge in [-0.05, 0) is 35.8 Å². The first-order valence-corrected chi connectivity index (χ1v) is 10.0. The van der Waals surface area contributed by atoms with E-state index in [1.807, 2.05) is 54.6 Å². The van der Waals surface area contributed by atoms with Crippen LogP contribution in [0.15, 0.2) is 66.7 Å². The van der Waals surface area contributed by atoms with E-state index < -0.39 is 7.12 Å². The van der Waals surface area contributed by atoms with Crippen LogP contribution in [0.1, 0.15) is 0 Å². The van der Waals surface area contributed by atoms with Gasteiger partial charge in [-0.2, -0.15) is 0 Å². The van der Waals surface area contributed by atoms with Gasteiger partial charge in [0.2, 0.25) is 0 Å². The van der Waals surface area contributed by atoms with Gasteiger partial charge in [0.1, 0.15) is 10.0 Å². The topological polar surface area (TPSA) is 66.2 Å². The highest BCUT2D eigenvalue weighted by atomic mass is 32.1. The number of hydrogen-bond acceptors (Lipinski definition) is 6. The van der Waals surface area contributed by atoms with Gasteiger partial charge in [0, 0.05) is 11.1 Å². The van der Waals surface area contributed by atoms with Gasteiger partial charge < -0.3 is 10.0 Å². The highest BCUT2D eigenvalue weighted by Crippen LogP contribution is 2.34. The lowest BCUT2D eigenvalue weighted by Gasteiger charge is -2.06. The van der Waals surface area contributed by atoms with E-state index in [0.29, 0.717) is 5.46 Å². The smallest absolute Gasteiger partial charge is 0.423 e. The molecule has 7 heteroatoms. The van der Waals surface area contributed by atoms with E-state index in [-0.39, 0.29) is 0 Å². The molecule has 2 heterocycles. The minimum Gasteiger partial charge on any atom is -0.423 e. The highest BCUT2D eigenvalue weighted by Gasteiger charge is 2.17. The van der Waals surface area contributed by atoms with Gasteiger partial charge >= 0.3 is 7.12 Å². The summed E-state index contributed by atoms with van der Waals surface area (Å²) in [6.07, 6.45) is 0. The normalized spacial score (nSPS) is 11.3. The third kappa shape index (κ3) is 3.04. The Morgan fingerprint density at radius 3 is 1.59 bits per heavy atom. The van der Waals surface area contributed by atoms with Crippen LogP contribution in [0.5, 0.6) is 0 Å². The maximum atomic E-state index is 9.77. The number of nitrogens with zero attached hydrogens (tertiary/aromatic N) is 2. The molecule has 27 heavy (non-hydrogen) atoms. The molecule has 0 aliphatic heterocycles. The first-order valence-electron chi connectivity index (χ1n) is 8.40. The SMILES string of the molecule is OB(O)c1cc(-c2nc3ccccc3s2)cc(-c2nc3ccccc3s2)c1. The van der Waals surface area contributed by atoms with Crippen molar-refractivity contribution in [3.8, 4) is 21.1 Å². The molecule has 130 valence electrons. The highest BCUT2D eigenvalue weighted by molar-refractivity contribution is 7.22. The second kappa shape index (κ2) is 6.54. The van der Waals surface area contributed by atoms with E-state index in [2.05, 4.69) is 0 Å². The van der Waals surface area contributed by atoms with Crippen molar-refractivity contribution in [1.29, 1.82) is 0 Å². The van der Waals surface area contributed by atoms with E-state index in [0.717, 1.165) is 41.6 Å². The zero-order valence-corrected chi connectivity index (χ0v) is 15.7. The third-order valence-electron chi connectivity index (χ3n) is 4.34. The Kier molecular flexibility index (Phi) is 4.02. The maximum absolute atomic E-state index is 9.77. The zero-order valence-electron chi connectivity index (χ0n) is 14.0. The molecule has 0 radical (unpaired) electrons. The Hall–Kier alpha value is -2.58. The van der Waals surface area contributed by atoms with Gasteiger partial charge in [0.15, 0.2) is 0 Å². The number of hydrogen-bond donors (Lipinski definition) is 2. The van der Waals surface area contributed by atoms with Crippen LogP contribution in [-0.4, -0.2) is 27.1 Å². The number of benzene rings is 3. The molecule has 0 spiro atoms. The molecule has 0 bridgehead atoms. The van der Waals surface area contributed by atoms with Crippen molar-refractivity contribution in [2.45, 2.75) is 0 Å². The van der Waals surface area contributed by atoms with Crippen LogP contribution in [0, 0.1) is 0 Å². The van der Waals surface area contributed by atoms with Gasteiger partial charge in [0.25, 0.3) is 0 Å². The lowest BCUT2D eigenvalue weighted by Crippen LogP contribution is -2.29. The van der Waals surface area contributed by atoms with Gasteiger partial charge in [-0.25, -0.2) is 9.97 Å². The fourth-order valence-corrected chi connectivity index (χ4v) is 4.94. The number of fused-ring (bicyclic) bond motifs is 2. The summed E-state index contributed by atoms with van der Waals surface area (Å²) < 4.78 is 2.20. The van der Waals surface area contributed by atoms with Gasteiger partial charge in [-0.15, -0.1) is 22.7 Å². The molecule has 2 N–H and O–H groups in total. The molecule has 5 aromatic rings. The Morgan fingerprint density at radius 2 is 1.15 bits per heavy atom. The zero-order chi connectivity index (χ0) is 18.4. The standard InChI is InChI=1S/C20H13BN2O2S2/c24-21(25)14-10-12(19-22-15-5-1-3-7-17(15)26-19)9-13(11-14)20-23-16-6-2-4-8-18(16)27-20/h1-11,24-25H. The molecular formula is C20H13BN2O2S2. The summed E-state index contributed by atoms with van der Waals surface area (Å²) in [5.41, 5.74) is 4.02. The summed E-state index contributed by atoms with van der Waals surface area (Å²) in [7, 11) is -1.55. The Morgan fingerprint density at radius 1 is 0.667 bits per heavy atom. The fourth-order valence-electron chi connectivity index (χ4n) is 3.04. The van der Waals surface area contributed by atoms with Crippen molar-refractivity contribution in [3.63, 3.8) is 0 Å². The summed E-state index contributed by atoms with van der Waals surface area (Å²) >= 11 is 3.18. The van der Waals surface area contributed by atoms with Crippen molar-refractivity contribution in [2.75, 3.05) is 0 Å². The molecule has 5 rings (SSSR count). The van der Waals surface area contributed by atoms with Crippen molar-refractivity contribution >= 4 is 55.7 Å². The van der Waals surface area contributed by atoms with Crippen molar-refractivity contribution in [2.24, 2.45) is 0 Å². The summed E-state index contributed by atoms with van der Waals surface area (Å²) in [5, 5.41) is 21.2. The van der Waals surface area contributed by atoms with Crippen LogP contribution < -0.4 is 5.46 Å². The van der Waals surface area contributed by atoms with Crippen molar-refractivity contribution < 1.29 is 10.0 Å². The number of rotatable bonds is 3. The molecule has 0 aliphatic carbocycles. The van der Waals surface area contributed by atoms with Crippen LogP contribution in [0.2, 0.25) is 0 Å². The molecular weight excluding hydrogens is 375 g/mol. The molecule has 0 fully saturated rings. The minimum atomic E-state index is -1.55.